The van der Waals surface area contributed by atoms with Crippen molar-refractivity contribution in [1.82, 2.24) is 9.88 Å². The summed E-state index contributed by atoms with van der Waals surface area (Å²) in [6.45, 7) is 4.77. The molecule has 0 N–H and O–H groups in total. The maximum absolute atomic E-state index is 12.3. The molecule has 0 saturated carbocycles. The van der Waals surface area contributed by atoms with Crippen molar-refractivity contribution in [2.45, 2.75) is 25.9 Å². The van der Waals surface area contributed by atoms with Crippen molar-refractivity contribution >= 4 is 22.8 Å². The van der Waals surface area contributed by atoms with Crippen LogP contribution in [0, 0.1) is 0 Å². The number of aromatic nitrogens is 1. The van der Waals surface area contributed by atoms with E-state index in [0.717, 1.165) is 17.1 Å². The topological polar surface area (TPSA) is 36.4 Å². The highest BCUT2D eigenvalue weighted by atomic mass is 32.1. The molecule has 2 rings (SSSR count). The number of rotatable bonds is 4. The summed E-state index contributed by atoms with van der Waals surface area (Å²) in [7, 11) is 0. The third kappa shape index (κ3) is 4.16. The fraction of sp³-hybridized carbons (Fsp3) is 0.692. The predicted molar refractivity (Wildman–Crippen MR) is 76.3 cm³/mol. The summed E-state index contributed by atoms with van der Waals surface area (Å²) in [5.41, 5.74) is 0.766. The van der Waals surface area contributed by atoms with Gasteiger partial charge in [0, 0.05) is 26.2 Å². The molecule has 2 heterocycles. The lowest BCUT2D eigenvalue weighted by Gasteiger charge is -2.34. The zero-order valence-electron chi connectivity index (χ0n) is 12.0. The van der Waals surface area contributed by atoms with Gasteiger partial charge in [-0.2, -0.15) is 13.2 Å². The van der Waals surface area contributed by atoms with E-state index >= 15 is 0 Å². The number of carbonyl (C=O) groups is 1. The van der Waals surface area contributed by atoms with Crippen molar-refractivity contribution < 1.29 is 18.0 Å². The Balaban J connectivity index is 2.01. The van der Waals surface area contributed by atoms with Crippen LogP contribution in [0.4, 0.5) is 18.3 Å². The van der Waals surface area contributed by atoms with E-state index in [2.05, 4.69) is 4.98 Å². The van der Waals surface area contributed by atoms with Crippen molar-refractivity contribution in [1.29, 1.82) is 0 Å². The zero-order valence-corrected chi connectivity index (χ0v) is 12.8. The van der Waals surface area contributed by atoms with Crippen LogP contribution in [0.25, 0.3) is 0 Å². The largest absolute Gasteiger partial charge is 0.401 e. The van der Waals surface area contributed by atoms with Gasteiger partial charge in [0.2, 0.25) is 0 Å². The SMILES string of the molecule is CC(C)c1nc(N2CCN(CC(F)(F)F)CC2)sc1C=O. The fourth-order valence-electron chi connectivity index (χ4n) is 2.32. The molecule has 0 unspecified atom stereocenters. The number of hydrogen-bond donors (Lipinski definition) is 0. The Labute approximate surface area is 125 Å². The minimum atomic E-state index is -4.15. The number of hydrogen-bond acceptors (Lipinski definition) is 5. The van der Waals surface area contributed by atoms with E-state index in [0.29, 0.717) is 31.1 Å². The molecule has 118 valence electrons. The molecular weight excluding hydrogens is 303 g/mol. The number of halogens is 3. The Morgan fingerprint density at radius 2 is 1.90 bits per heavy atom. The molecule has 0 spiro atoms. The lowest BCUT2D eigenvalue weighted by Crippen LogP contribution is -2.49. The summed E-state index contributed by atoms with van der Waals surface area (Å²) in [4.78, 5) is 19.5. The van der Waals surface area contributed by atoms with Gasteiger partial charge in [0.1, 0.15) is 0 Å². The Bertz CT molecular complexity index is 493. The van der Waals surface area contributed by atoms with E-state index in [-0.39, 0.29) is 5.92 Å². The summed E-state index contributed by atoms with van der Waals surface area (Å²) in [5, 5.41) is 0.729. The summed E-state index contributed by atoms with van der Waals surface area (Å²) in [6.07, 6.45) is -3.35. The van der Waals surface area contributed by atoms with Gasteiger partial charge in [0.15, 0.2) is 11.4 Å². The van der Waals surface area contributed by atoms with E-state index in [9.17, 15) is 18.0 Å². The van der Waals surface area contributed by atoms with Gasteiger partial charge in [-0.1, -0.05) is 25.2 Å². The van der Waals surface area contributed by atoms with Crippen molar-refractivity contribution in [2.75, 3.05) is 37.6 Å². The lowest BCUT2D eigenvalue weighted by atomic mass is 10.1. The van der Waals surface area contributed by atoms with Gasteiger partial charge in [0.25, 0.3) is 0 Å². The van der Waals surface area contributed by atoms with Crippen molar-refractivity contribution in [3.8, 4) is 0 Å². The number of piperazine rings is 1. The van der Waals surface area contributed by atoms with E-state index in [1.54, 1.807) is 0 Å². The summed E-state index contributed by atoms with van der Waals surface area (Å²) in [5.74, 6) is 0.154. The molecule has 8 heteroatoms. The van der Waals surface area contributed by atoms with Gasteiger partial charge >= 0.3 is 6.18 Å². The number of aldehydes is 1. The molecule has 0 radical (unpaired) electrons. The van der Waals surface area contributed by atoms with Crippen molar-refractivity contribution in [3.63, 3.8) is 0 Å². The van der Waals surface area contributed by atoms with Gasteiger partial charge in [-0.25, -0.2) is 4.98 Å². The Morgan fingerprint density at radius 3 is 2.33 bits per heavy atom. The van der Waals surface area contributed by atoms with Crippen LogP contribution < -0.4 is 4.90 Å². The van der Waals surface area contributed by atoms with Crippen LogP contribution in [0.3, 0.4) is 0 Å². The molecule has 1 aromatic rings. The molecule has 1 aliphatic heterocycles. The third-order valence-electron chi connectivity index (χ3n) is 3.37. The minimum Gasteiger partial charge on any atom is -0.346 e. The van der Waals surface area contributed by atoms with Crippen LogP contribution >= 0.6 is 11.3 Å². The first kappa shape index (κ1) is 16.2. The van der Waals surface area contributed by atoms with Gasteiger partial charge < -0.3 is 4.90 Å². The number of thiazole rings is 1. The number of carbonyl (C=O) groups excluding carboxylic acids is 1. The van der Waals surface area contributed by atoms with Crippen molar-refractivity contribution in [3.05, 3.63) is 10.6 Å². The first-order valence-electron chi connectivity index (χ1n) is 6.80. The summed E-state index contributed by atoms with van der Waals surface area (Å²) in [6, 6.07) is 0. The summed E-state index contributed by atoms with van der Waals surface area (Å²) < 4.78 is 37.0. The second-order valence-corrected chi connectivity index (χ2v) is 6.41. The molecule has 1 fully saturated rings. The van der Waals surface area contributed by atoms with E-state index < -0.39 is 12.7 Å². The van der Waals surface area contributed by atoms with Crippen LogP contribution in [0.5, 0.6) is 0 Å². The highest BCUT2D eigenvalue weighted by Crippen LogP contribution is 2.30. The maximum Gasteiger partial charge on any atom is 0.401 e. The number of nitrogens with zero attached hydrogens (tertiary/aromatic N) is 3. The van der Waals surface area contributed by atoms with Gasteiger partial charge in [0.05, 0.1) is 17.1 Å². The second kappa shape index (κ2) is 6.31. The molecule has 0 atom stereocenters. The maximum atomic E-state index is 12.3. The third-order valence-corrected chi connectivity index (χ3v) is 4.43. The van der Waals surface area contributed by atoms with E-state index in [4.69, 9.17) is 0 Å². The average molecular weight is 321 g/mol. The van der Waals surface area contributed by atoms with Gasteiger partial charge in [-0.05, 0) is 5.92 Å². The first-order valence-corrected chi connectivity index (χ1v) is 7.61. The Kier molecular flexibility index (Phi) is 4.88. The standard InChI is InChI=1S/C13H18F3N3OS/c1-9(2)11-10(7-20)21-12(17-11)19-5-3-18(4-6-19)8-13(14,15)16/h7,9H,3-6,8H2,1-2H3. The quantitative estimate of drug-likeness (QED) is 0.799. The first-order chi connectivity index (χ1) is 9.80. The predicted octanol–water partition coefficient (Wildman–Crippen LogP) is 2.76. The molecule has 1 aromatic heterocycles. The average Bonchev–Trinajstić information content (AvgIpc) is 2.82. The van der Waals surface area contributed by atoms with E-state index in [1.807, 2.05) is 18.7 Å². The molecule has 1 aliphatic rings. The van der Waals surface area contributed by atoms with Crippen LogP contribution in [0.15, 0.2) is 0 Å². The molecule has 0 amide bonds. The van der Waals surface area contributed by atoms with Crippen LogP contribution in [-0.2, 0) is 0 Å². The number of alkyl halides is 3. The molecule has 0 aliphatic carbocycles. The fourth-order valence-corrected chi connectivity index (χ4v) is 3.40. The van der Waals surface area contributed by atoms with Crippen LogP contribution in [0.1, 0.15) is 35.1 Å². The monoisotopic (exact) mass is 321 g/mol. The van der Waals surface area contributed by atoms with Crippen LogP contribution in [-0.4, -0.2) is 55.1 Å². The minimum absolute atomic E-state index is 0.154. The summed E-state index contributed by atoms with van der Waals surface area (Å²) >= 11 is 1.31. The van der Waals surface area contributed by atoms with Gasteiger partial charge in [-0.3, -0.25) is 9.69 Å². The van der Waals surface area contributed by atoms with Crippen molar-refractivity contribution in [2.24, 2.45) is 0 Å². The zero-order chi connectivity index (χ0) is 15.6. The molecular formula is C13H18F3N3OS. The normalized spacial score (nSPS) is 17.5. The molecule has 0 aromatic carbocycles. The molecule has 21 heavy (non-hydrogen) atoms. The lowest BCUT2D eigenvalue weighted by molar-refractivity contribution is -0.146. The highest BCUT2D eigenvalue weighted by molar-refractivity contribution is 7.17. The van der Waals surface area contributed by atoms with E-state index in [1.165, 1.54) is 16.2 Å². The second-order valence-electron chi connectivity index (χ2n) is 5.40. The van der Waals surface area contributed by atoms with Gasteiger partial charge in [-0.15, -0.1) is 0 Å². The molecule has 0 bridgehead atoms. The Hall–Kier alpha value is -1.15. The van der Waals surface area contributed by atoms with Crippen LogP contribution in [0.2, 0.25) is 0 Å². The Morgan fingerprint density at radius 1 is 1.29 bits per heavy atom. The highest BCUT2D eigenvalue weighted by Gasteiger charge is 2.32. The molecule has 1 saturated heterocycles. The molecule has 4 nitrogen and oxygen atoms in total. The number of anilines is 1. The smallest absolute Gasteiger partial charge is 0.346 e.